The molecule has 1 aliphatic heterocycles. The number of rotatable bonds is 2. The van der Waals surface area contributed by atoms with Crippen LogP contribution in [-0.2, 0) is 0 Å². The van der Waals surface area contributed by atoms with Gasteiger partial charge in [-0.25, -0.2) is 9.98 Å². The molecule has 0 aromatic heterocycles. The molecule has 0 bridgehead atoms. The van der Waals surface area contributed by atoms with Crippen LogP contribution in [0.1, 0.15) is 11.1 Å². The lowest BCUT2D eigenvalue weighted by molar-refractivity contribution is 1.07. The summed E-state index contributed by atoms with van der Waals surface area (Å²) in [4.78, 5) is 9.72. The maximum Gasteiger partial charge on any atom is 0.0882 e. The van der Waals surface area contributed by atoms with Crippen LogP contribution in [0.5, 0.6) is 0 Å². The first-order chi connectivity index (χ1) is 14.6. The van der Waals surface area contributed by atoms with Gasteiger partial charge in [-0.3, -0.25) is 0 Å². The van der Waals surface area contributed by atoms with Crippen molar-refractivity contribution in [3.05, 3.63) is 101 Å². The number of halogens is 1. The summed E-state index contributed by atoms with van der Waals surface area (Å²) in [6.07, 6.45) is 0. The number of para-hydroxylation sites is 1. The predicted octanol–water partition coefficient (Wildman–Crippen LogP) is 5.98. The van der Waals surface area contributed by atoms with Crippen LogP contribution < -0.4 is 11.1 Å². The molecule has 1 heterocycles. The number of nitrogen functional groups attached to an aromatic ring is 1. The largest absolute Gasteiger partial charge is 0.398 e. The Morgan fingerprint density at radius 1 is 0.839 bits per heavy atom. The van der Waals surface area contributed by atoms with Gasteiger partial charge in [0.1, 0.15) is 0 Å². The average molecular weight is 427 g/mol. The van der Waals surface area contributed by atoms with Gasteiger partial charge in [-0.1, -0.05) is 35.9 Å². The van der Waals surface area contributed by atoms with Crippen LogP contribution >= 0.6 is 12.4 Å². The number of aromatic nitrogens is 2. The highest BCUT2D eigenvalue weighted by atomic mass is 35.5. The molecule has 5 rings (SSSR count). The van der Waals surface area contributed by atoms with Crippen molar-refractivity contribution in [1.82, 2.24) is 9.55 Å². The third-order valence-corrected chi connectivity index (χ3v) is 5.35. The molecular formula is C26H23ClN4. The number of benzene rings is 4. The van der Waals surface area contributed by atoms with Crippen molar-refractivity contribution in [3.8, 4) is 17.1 Å². The quantitative estimate of drug-likeness (QED) is 0.278. The van der Waals surface area contributed by atoms with Gasteiger partial charge in [0.15, 0.2) is 0 Å². The van der Waals surface area contributed by atoms with E-state index in [4.69, 9.17) is 15.7 Å². The Bertz CT molecular complexity index is 1400. The summed E-state index contributed by atoms with van der Waals surface area (Å²) in [6.45, 7) is 4.09. The molecular weight excluding hydrogens is 404 g/mol. The summed E-state index contributed by atoms with van der Waals surface area (Å²) >= 11 is 0. The topological polar surface area (TPSA) is 56.2 Å². The molecule has 3 aromatic carbocycles. The molecule has 0 saturated carbocycles. The SMILES string of the molecule is Cc1ccc(N=c2ccc3nc4cc(C)c(N)cc4n(-c4ccccc4)c-3c2)cc1.Cl. The zero-order chi connectivity index (χ0) is 20.7. The highest BCUT2D eigenvalue weighted by molar-refractivity contribution is 5.86. The van der Waals surface area contributed by atoms with Gasteiger partial charge in [-0.2, -0.15) is 0 Å². The second-order valence-corrected chi connectivity index (χ2v) is 7.60. The van der Waals surface area contributed by atoms with E-state index in [9.17, 15) is 0 Å². The lowest BCUT2D eigenvalue weighted by Crippen LogP contribution is -2.11. The third kappa shape index (κ3) is 3.90. The molecule has 2 aliphatic rings. The number of hydrogen-bond acceptors (Lipinski definition) is 3. The van der Waals surface area contributed by atoms with Gasteiger partial charge in [0, 0.05) is 11.4 Å². The molecule has 0 radical (unpaired) electrons. The van der Waals surface area contributed by atoms with Gasteiger partial charge in [0.25, 0.3) is 0 Å². The van der Waals surface area contributed by atoms with E-state index in [2.05, 4.69) is 41.8 Å². The van der Waals surface area contributed by atoms with Crippen molar-refractivity contribution in [3.63, 3.8) is 0 Å². The highest BCUT2D eigenvalue weighted by Gasteiger charge is 2.15. The summed E-state index contributed by atoms with van der Waals surface area (Å²) < 4.78 is 2.21. The van der Waals surface area contributed by atoms with Gasteiger partial charge in [0.2, 0.25) is 0 Å². The molecule has 4 nitrogen and oxygen atoms in total. The monoisotopic (exact) mass is 426 g/mol. The Balaban J connectivity index is 0.00000231. The maximum atomic E-state index is 6.26. The zero-order valence-electron chi connectivity index (χ0n) is 17.4. The molecule has 5 heteroatoms. The van der Waals surface area contributed by atoms with E-state index in [1.54, 1.807) is 0 Å². The van der Waals surface area contributed by atoms with Gasteiger partial charge >= 0.3 is 0 Å². The van der Waals surface area contributed by atoms with Crippen LogP contribution in [0.15, 0.2) is 89.9 Å². The number of fused-ring (bicyclic) bond motifs is 2. The predicted molar refractivity (Wildman–Crippen MR) is 130 cm³/mol. The number of nitrogens with two attached hydrogens (primary N) is 1. The molecule has 0 spiro atoms. The van der Waals surface area contributed by atoms with E-state index in [-0.39, 0.29) is 12.4 Å². The summed E-state index contributed by atoms with van der Waals surface area (Å²) in [5, 5.41) is 0.886. The number of nitrogens with zero attached hydrogens (tertiary/aromatic N) is 3. The normalized spacial score (nSPS) is 11.6. The van der Waals surface area contributed by atoms with Crippen molar-refractivity contribution in [2.24, 2.45) is 4.99 Å². The minimum atomic E-state index is 0. The first-order valence-corrected chi connectivity index (χ1v) is 9.98. The number of hydrogen-bond donors (Lipinski definition) is 1. The Hall–Kier alpha value is -3.63. The average Bonchev–Trinajstić information content (AvgIpc) is 2.76. The standard InChI is InChI=1S/C26H22N4.ClH/c1-17-8-10-19(11-9-17)28-20-12-13-23-25(15-20)30(21-6-4-3-5-7-21)26-16-22(27)18(2)14-24(26)29-23;/h3-16H,27H2,1-2H3;1H. The molecule has 0 fully saturated rings. The molecule has 1 aliphatic carbocycles. The molecule has 0 unspecified atom stereocenters. The van der Waals surface area contributed by atoms with Crippen molar-refractivity contribution >= 4 is 34.8 Å². The first-order valence-electron chi connectivity index (χ1n) is 9.98. The van der Waals surface area contributed by atoms with Crippen molar-refractivity contribution in [2.45, 2.75) is 13.8 Å². The van der Waals surface area contributed by atoms with Gasteiger partial charge in [-0.05, 0) is 74.0 Å². The molecule has 0 atom stereocenters. The minimum Gasteiger partial charge on any atom is -0.398 e. The molecule has 0 saturated heterocycles. The van der Waals surface area contributed by atoms with E-state index in [0.29, 0.717) is 0 Å². The summed E-state index contributed by atoms with van der Waals surface area (Å²) in [6, 6.07) is 28.7. The molecule has 3 aromatic rings. The van der Waals surface area contributed by atoms with Crippen LogP contribution in [0, 0.1) is 13.8 Å². The van der Waals surface area contributed by atoms with Crippen LogP contribution in [-0.4, -0.2) is 9.55 Å². The Labute approximate surface area is 187 Å². The minimum absolute atomic E-state index is 0. The summed E-state index contributed by atoms with van der Waals surface area (Å²) in [7, 11) is 0. The van der Waals surface area contributed by atoms with Crippen molar-refractivity contribution < 1.29 is 0 Å². The molecule has 154 valence electrons. The van der Waals surface area contributed by atoms with Gasteiger partial charge in [-0.15, -0.1) is 12.4 Å². The second kappa shape index (κ2) is 8.25. The Kier molecular flexibility index (Phi) is 5.49. The lowest BCUT2D eigenvalue weighted by atomic mass is 10.1. The fraction of sp³-hybridized carbons (Fsp3) is 0.0769. The number of anilines is 1. The molecule has 31 heavy (non-hydrogen) atoms. The van der Waals surface area contributed by atoms with Crippen molar-refractivity contribution in [1.29, 1.82) is 0 Å². The van der Waals surface area contributed by atoms with E-state index >= 15 is 0 Å². The Morgan fingerprint density at radius 3 is 2.32 bits per heavy atom. The van der Waals surface area contributed by atoms with Gasteiger partial charge in [0.05, 0.1) is 33.5 Å². The van der Waals surface area contributed by atoms with Crippen molar-refractivity contribution in [2.75, 3.05) is 5.73 Å². The van der Waals surface area contributed by atoms with Crippen LogP contribution in [0.4, 0.5) is 11.4 Å². The van der Waals surface area contributed by atoms with Crippen LogP contribution in [0.3, 0.4) is 0 Å². The maximum absolute atomic E-state index is 6.26. The van der Waals surface area contributed by atoms with E-state index in [1.807, 2.05) is 61.5 Å². The smallest absolute Gasteiger partial charge is 0.0882 e. The van der Waals surface area contributed by atoms with E-state index in [1.165, 1.54) is 5.56 Å². The third-order valence-electron chi connectivity index (χ3n) is 5.35. The lowest BCUT2D eigenvalue weighted by Gasteiger charge is -2.19. The fourth-order valence-corrected chi connectivity index (χ4v) is 3.70. The molecule has 2 N–H and O–H groups in total. The highest BCUT2D eigenvalue weighted by Crippen LogP contribution is 2.30. The Morgan fingerprint density at radius 2 is 1.58 bits per heavy atom. The van der Waals surface area contributed by atoms with E-state index in [0.717, 1.165) is 50.4 Å². The van der Waals surface area contributed by atoms with E-state index < -0.39 is 0 Å². The second-order valence-electron chi connectivity index (χ2n) is 7.60. The van der Waals surface area contributed by atoms with Crippen LogP contribution in [0.2, 0.25) is 0 Å². The molecule has 0 amide bonds. The zero-order valence-corrected chi connectivity index (χ0v) is 18.2. The fourth-order valence-electron chi connectivity index (χ4n) is 3.70. The number of aryl methyl sites for hydroxylation is 2. The van der Waals surface area contributed by atoms with Crippen LogP contribution in [0.25, 0.3) is 28.1 Å². The summed E-state index contributed by atoms with van der Waals surface area (Å²) in [5.74, 6) is 0. The van der Waals surface area contributed by atoms with Gasteiger partial charge < -0.3 is 10.3 Å². The summed E-state index contributed by atoms with van der Waals surface area (Å²) in [5.41, 5.74) is 15.1. The first kappa shape index (κ1) is 20.6.